The van der Waals surface area contributed by atoms with Crippen molar-refractivity contribution in [2.45, 2.75) is 13.1 Å². The summed E-state index contributed by atoms with van der Waals surface area (Å²) < 4.78 is 2.00. The number of hydrogen-bond donors (Lipinski definition) is 0. The Bertz CT molecular complexity index is 488. The van der Waals surface area contributed by atoms with Crippen LogP contribution in [-0.4, -0.2) is 57.3 Å². The Morgan fingerprint density at radius 3 is 2.45 bits per heavy atom. The number of hydrogen-bond acceptors (Lipinski definition) is 4. The topological polar surface area (TPSA) is 37.2 Å². The zero-order chi connectivity index (χ0) is 13.6. The van der Waals surface area contributed by atoms with Gasteiger partial charge in [0, 0.05) is 57.9 Å². The largest absolute Gasteiger partial charge is 0.299 e. The van der Waals surface area contributed by atoms with Crippen LogP contribution in [0.2, 0.25) is 0 Å². The van der Waals surface area contributed by atoms with E-state index >= 15 is 0 Å². The molecule has 0 N–H and O–H groups in total. The summed E-state index contributed by atoms with van der Waals surface area (Å²) in [5.41, 5.74) is 1.16. The van der Waals surface area contributed by atoms with Crippen LogP contribution in [0.4, 0.5) is 0 Å². The normalized spacial score (nSPS) is 17.4. The summed E-state index contributed by atoms with van der Waals surface area (Å²) in [6, 6.07) is 8.11. The van der Waals surface area contributed by atoms with E-state index in [-0.39, 0.29) is 0 Å². The number of aromatic nitrogens is 3. The highest BCUT2D eigenvalue weighted by Gasteiger charge is 2.16. The number of piperazine rings is 1. The van der Waals surface area contributed by atoms with Gasteiger partial charge in [-0.1, -0.05) is 6.07 Å². The van der Waals surface area contributed by atoms with E-state index in [4.69, 9.17) is 0 Å². The first kappa shape index (κ1) is 13.3. The third-order valence-corrected chi connectivity index (χ3v) is 3.78. The van der Waals surface area contributed by atoms with E-state index in [2.05, 4.69) is 32.0 Å². The first-order valence-corrected chi connectivity index (χ1v) is 7.22. The summed E-state index contributed by atoms with van der Waals surface area (Å²) in [7, 11) is 0. The third kappa shape index (κ3) is 3.65. The fraction of sp³-hybridized carbons (Fsp3) is 0.467. The number of nitrogens with zero attached hydrogens (tertiary/aromatic N) is 5. The van der Waals surface area contributed by atoms with Crippen molar-refractivity contribution in [3.05, 3.63) is 48.5 Å². The third-order valence-electron chi connectivity index (χ3n) is 3.78. The molecule has 1 fully saturated rings. The first-order chi connectivity index (χ1) is 9.90. The van der Waals surface area contributed by atoms with Gasteiger partial charge in [0.1, 0.15) is 0 Å². The second kappa shape index (κ2) is 6.63. The number of pyridine rings is 1. The van der Waals surface area contributed by atoms with Crippen LogP contribution in [0.25, 0.3) is 0 Å². The van der Waals surface area contributed by atoms with Crippen molar-refractivity contribution in [2.24, 2.45) is 0 Å². The fourth-order valence-electron chi connectivity index (χ4n) is 2.57. The zero-order valence-electron chi connectivity index (χ0n) is 11.7. The van der Waals surface area contributed by atoms with Crippen LogP contribution >= 0.6 is 0 Å². The van der Waals surface area contributed by atoms with E-state index in [0.717, 1.165) is 51.5 Å². The van der Waals surface area contributed by atoms with Gasteiger partial charge in [-0.3, -0.25) is 19.5 Å². The summed E-state index contributed by atoms with van der Waals surface area (Å²) in [6.45, 7) is 7.54. The standard InChI is InChI=1S/C15H21N5/c1-2-5-16-15(4-1)14-19-10-8-18(9-11-19)12-13-20-7-3-6-17-20/h1-7H,8-14H2. The summed E-state index contributed by atoms with van der Waals surface area (Å²) in [4.78, 5) is 9.38. The van der Waals surface area contributed by atoms with Crippen molar-refractivity contribution >= 4 is 0 Å². The average Bonchev–Trinajstić information content (AvgIpc) is 3.01. The predicted octanol–water partition coefficient (Wildman–Crippen LogP) is 1.10. The monoisotopic (exact) mass is 271 g/mol. The van der Waals surface area contributed by atoms with Gasteiger partial charge in [-0.05, 0) is 18.2 Å². The van der Waals surface area contributed by atoms with Crippen molar-refractivity contribution < 1.29 is 0 Å². The van der Waals surface area contributed by atoms with Gasteiger partial charge in [0.15, 0.2) is 0 Å². The van der Waals surface area contributed by atoms with Crippen molar-refractivity contribution in [2.75, 3.05) is 32.7 Å². The Morgan fingerprint density at radius 1 is 0.900 bits per heavy atom. The van der Waals surface area contributed by atoms with Gasteiger partial charge in [0.25, 0.3) is 0 Å². The molecule has 2 aromatic heterocycles. The molecule has 1 aliphatic rings. The minimum atomic E-state index is 0.966. The van der Waals surface area contributed by atoms with E-state index in [0.29, 0.717) is 0 Å². The quantitative estimate of drug-likeness (QED) is 0.816. The van der Waals surface area contributed by atoms with Crippen LogP contribution in [0.1, 0.15) is 5.69 Å². The lowest BCUT2D eigenvalue weighted by Crippen LogP contribution is -2.46. The van der Waals surface area contributed by atoms with Gasteiger partial charge < -0.3 is 0 Å². The molecule has 0 aliphatic carbocycles. The Kier molecular flexibility index (Phi) is 4.40. The van der Waals surface area contributed by atoms with E-state index in [1.165, 1.54) is 0 Å². The maximum absolute atomic E-state index is 4.40. The lowest BCUT2D eigenvalue weighted by Gasteiger charge is -2.34. The Labute approximate surface area is 119 Å². The Hall–Kier alpha value is -1.72. The van der Waals surface area contributed by atoms with Crippen molar-refractivity contribution in [3.8, 4) is 0 Å². The molecular formula is C15H21N5. The molecule has 0 spiro atoms. The highest BCUT2D eigenvalue weighted by atomic mass is 15.3. The first-order valence-electron chi connectivity index (χ1n) is 7.22. The van der Waals surface area contributed by atoms with E-state index < -0.39 is 0 Å². The molecule has 0 aromatic carbocycles. The van der Waals surface area contributed by atoms with Crippen LogP contribution in [0.3, 0.4) is 0 Å². The summed E-state index contributed by atoms with van der Waals surface area (Å²) >= 11 is 0. The maximum Gasteiger partial charge on any atom is 0.0543 e. The summed E-state index contributed by atoms with van der Waals surface area (Å²) in [6.07, 6.45) is 5.73. The SMILES string of the molecule is c1ccc(CN2CCN(CCn3cccn3)CC2)nc1. The molecule has 1 aliphatic heterocycles. The van der Waals surface area contributed by atoms with Gasteiger partial charge in [-0.25, -0.2) is 0 Å². The molecule has 0 saturated carbocycles. The molecule has 106 valence electrons. The summed E-state index contributed by atoms with van der Waals surface area (Å²) in [5.74, 6) is 0. The lowest BCUT2D eigenvalue weighted by atomic mass is 10.2. The predicted molar refractivity (Wildman–Crippen MR) is 78.2 cm³/mol. The van der Waals surface area contributed by atoms with Crippen LogP contribution < -0.4 is 0 Å². The molecule has 2 aromatic rings. The van der Waals surface area contributed by atoms with Crippen molar-refractivity contribution in [1.29, 1.82) is 0 Å². The van der Waals surface area contributed by atoms with Crippen LogP contribution in [0.15, 0.2) is 42.9 Å². The minimum absolute atomic E-state index is 0.966. The molecule has 0 unspecified atom stereocenters. The van der Waals surface area contributed by atoms with Gasteiger partial charge in [-0.15, -0.1) is 0 Å². The lowest BCUT2D eigenvalue weighted by molar-refractivity contribution is 0.122. The molecule has 1 saturated heterocycles. The molecule has 20 heavy (non-hydrogen) atoms. The zero-order valence-corrected chi connectivity index (χ0v) is 11.7. The Balaban J connectivity index is 1.40. The van der Waals surface area contributed by atoms with Crippen molar-refractivity contribution in [3.63, 3.8) is 0 Å². The molecule has 3 rings (SSSR count). The van der Waals surface area contributed by atoms with E-state index in [1.807, 2.05) is 35.4 Å². The smallest absolute Gasteiger partial charge is 0.0543 e. The minimum Gasteiger partial charge on any atom is -0.299 e. The van der Waals surface area contributed by atoms with Gasteiger partial charge in [0.2, 0.25) is 0 Å². The molecule has 3 heterocycles. The fourth-order valence-corrected chi connectivity index (χ4v) is 2.57. The number of rotatable bonds is 5. The molecule has 5 heteroatoms. The van der Waals surface area contributed by atoms with E-state index in [9.17, 15) is 0 Å². The Morgan fingerprint density at radius 2 is 1.75 bits per heavy atom. The van der Waals surface area contributed by atoms with Crippen molar-refractivity contribution in [1.82, 2.24) is 24.6 Å². The summed E-state index contributed by atoms with van der Waals surface area (Å²) in [5, 5.41) is 4.24. The average molecular weight is 271 g/mol. The van der Waals surface area contributed by atoms with Gasteiger partial charge in [-0.2, -0.15) is 5.10 Å². The molecule has 5 nitrogen and oxygen atoms in total. The second-order valence-electron chi connectivity index (χ2n) is 5.21. The van der Waals surface area contributed by atoms with Crippen LogP contribution in [-0.2, 0) is 13.1 Å². The maximum atomic E-state index is 4.40. The molecule has 0 radical (unpaired) electrons. The molecule has 0 bridgehead atoms. The highest BCUT2D eigenvalue weighted by molar-refractivity contribution is 5.03. The van der Waals surface area contributed by atoms with Gasteiger partial charge >= 0.3 is 0 Å². The van der Waals surface area contributed by atoms with Crippen LogP contribution in [0.5, 0.6) is 0 Å². The molecular weight excluding hydrogens is 250 g/mol. The van der Waals surface area contributed by atoms with E-state index in [1.54, 1.807) is 0 Å². The molecule has 0 amide bonds. The van der Waals surface area contributed by atoms with Gasteiger partial charge in [0.05, 0.1) is 12.2 Å². The van der Waals surface area contributed by atoms with Crippen LogP contribution in [0, 0.1) is 0 Å². The second-order valence-corrected chi connectivity index (χ2v) is 5.21. The molecule has 0 atom stereocenters. The highest BCUT2D eigenvalue weighted by Crippen LogP contribution is 2.06.